The van der Waals surface area contributed by atoms with Gasteiger partial charge in [0, 0.05) is 16.8 Å². The van der Waals surface area contributed by atoms with E-state index in [0.717, 1.165) is 5.56 Å². The van der Waals surface area contributed by atoms with Gasteiger partial charge in [0.25, 0.3) is 5.91 Å². The maximum absolute atomic E-state index is 13.4. The van der Waals surface area contributed by atoms with E-state index < -0.39 is 0 Å². The molecule has 0 radical (unpaired) electrons. The Bertz CT molecular complexity index is 783. The average Bonchev–Trinajstić information content (AvgIpc) is 2.83. The number of amides is 1. The molecule has 5 heteroatoms. The number of fused-ring (bicyclic) bond motifs is 1. The molecule has 22 heavy (non-hydrogen) atoms. The zero-order chi connectivity index (χ0) is 15.7. The fourth-order valence-corrected chi connectivity index (χ4v) is 2.41. The average molecular weight is 299 g/mol. The Morgan fingerprint density at radius 2 is 1.82 bits per heavy atom. The summed E-state index contributed by atoms with van der Waals surface area (Å²) >= 11 is 0. The van der Waals surface area contributed by atoms with Crippen LogP contribution in [0.15, 0.2) is 36.4 Å². The van der Waals surface area contributed by atoms with Crippen LogP contribution < -0.4 is 14.8 Å². The van der Waals surface area contributed by atoms with Crippen molar-refractivity contribution in [3.63, 3.8) is 0 Å². The molecule has 4 nitrogen and oxygen atoms in total. The number of rotatable bonds is 3. The van der Waals surface area contributed by atoms with Crippen LogP contribution in [-0.4, -0.2) is 20.1 Å². The summed E-state index contributed by atoms with van der Waals surface area (Å²) in [6.45, 7) is 0. The van der Waals surface area contributed by atoms with E-state index in [1.165, 1.54) is 12.1 Å². The Labute approximate surface area is 127 Å². The minimum atomic E-state index is -0.381. The smallest absolute Gasteiger partial charge is 0.256 e. The molecule has 112 valence electrons. The van der Waals surface area contributed by atoms with E-state index in [2.05, 4.69) is 5.32 Å². The number of benzene rings is 2. The lowest BCUT2D eigenvalue weighted by molar-refractivity contribution is -0.110. The molecular weight excluding hydrogens is 285 g/mol. The molecule has 2 aromatic rings. The highest BCUT2D eigenvalue weighted by atomic mass is 19.1. The first-order chi connectivity index (χ1) is 10.6. The maximum Gasteiger partial charge on any atom is 0.256 e. The SMILES string of the molecule is COc1ccc(/C=C2\C(=O)Nc3ccc(F)cc32)cc1OC. The highest BCUT2D eigenvalue weighted by Gasteiger charge is 2.24. The zero-order valence-electron chi connectivity index (χ0n) is 12.1. The molecule has 1 aliphatic heterocycles. The van der Waals surface area contributed by atoms with Crippen molar-refractivity contribution in [3.8, 4) is 11.5 Å². The maximum atomic E-state index is 13.4. The summed E-state index contributed by atoms with van der Waals surface area (Å²) < 4.78 is 23.8. The second-order valence-corrected chi connectivity index (χ2v) is 4.82. The molecule has 0 aliphatic carbocycles. The van der Waals surface area contributed by atoms with Gasteiger partial charge in [-0.2, -0.15) is 0 Å². The molecule has 1 N–H and O–H groups in total. The molecule has 0 saturated carbocycles. The largest absolute Gasteiger partial charge is 0.493 e. The van der Waals surface area contributed by atoms with Crippen LogP contribution in [0.5, 0.6) is 11.5 Å². The van der Waals surface area contributed by atoms with E-state index in [1.807, 2.05) is 0 Å². The summed E-state index contributed by atoms with van der Waals surface area (Å²) in [5.74, 6) is 0.533. The predicted molar refractivity (Wildman–Crippen MR) is 82.4 cm³/mol. The topological polar surface area (TPSA) is 47.6 Å². The molecule has 0 atom stereocenters. The van der Waals surface area contributed by atoms with Gasteiger partial charge in [0.2, 0.25) is 0 Å². The second kappa shape index (κ2) is 5.52. The summed E-state index contributed by atoms with van der Waals surface area (Å²) in [5, 5.41) is 2.72. The van der Waals surface area contributed by atoms with Crippen molar-refractivity contribution in [1.82, 2.24) is 0 Å². The number of ether oxygens (including phenoxy) is 2. The number of methoxy groups -OCH3 is 2. The van der Waals surface area contributed by atoms with E-state index in [-0.39, 0.29) is 11.7 Å². The fourth-order valence-electron chi connectivity index (χ4n) is 2.41. The number of nitrogens with one attached hydrogen (secondary N) is 1. The fraction of sp³-hybridized carbons (Fsp3) is 0.118. The van der Waals surface area contributed by atoms with Gasteiger partial charge in [0.05, 0.1) is 14.2 Å². The van der Waals surface area contributed by atoms with Crippen molar-refractivity contribution in [1.29, 1.82) is 0 Å². The third-order valence-corrected chi connectivity index (χ3v) is 3.48. The van der Waals surface area contributed by atoms with E-state index in [9.17, 15) is 9.18 Å². The molecule has 0 aromatic heterocycles. The van der Waals surface area contributed by atoms with Gasteiger partial charge in [0.1, 0.15) is 5.82 Å². The summed E-state index contributed by atoms with van der Waals surface area (Å²) in [5.41, 5.74) is 2.35. The van der Waals surface area contributed by atoms with Crippen molar-refractivity contribution in [2.75, 3.05) is 19.5 Å². The van der Waals surface area contributed by atoms with Gasteiger partial charge in [-0.15, -0.1) is 0 Å². The lowest BCUT2D eigenvalue weighted by Crippen LogP contribution is -2.03. The second-order valence-electron chi connectivity index (χ2n) is 4.82. The standard InChI is InChI=1S/C17H14FNO3/c1-21-15-6-3-10(8-16(15)22-2)7-13-12-9-11(18)4-5-14(12)19-17(13)20/h3-9H,1-2H3,(H,19,20)/b13-7-. The number of carbonyl (C=O) groups excluding carboxylic acids is 1. The number of hydrogen-bond acceptors (Lipinski definition) is 3. The van der Waals surface area contributed by atoms with Crippen LogP contribution in [0, 0.1) is 5.82 Å². The van der Waals surface area contributed by atoms with Crippen LogP contribution in [-0.2, 0) is 4.79 Å². The lowest BCUT2D eigenvalue weighted by Gasteiger charge is -2.08. The first kappa shape index (κ1) is 14.1. The summed E-state index contributed by atoms with van der Waals surface area (Å²) in [6, 6.07) is 9.54. The molecule has 0 spiro atoms. The van der Waals surface area contributed by atoms with E-state index in [0.29, 0.717) is 28.3 Å². The molecule has 1 heterocycles. The van der Waals surface area contributed by atoms with E-state index >= 15 is 0 Å². The summed E-state index contributed by atoms with van der Waals surface area (Å²) in [4.78, 5) is 12.1. The molecule has 2 aromatic carbocycles. The quantitative estimate of drug-likeness (QED) is 0.884. The van der Waals surface area contributed by atoms with Crippen molar-refractivity contribution < 1.29 is 18.7 Å². The third-order valence-electron chi connectivity index (χ3n) is 3.48. The Hall–Kier alpha value is -2.82. The predicted octanol–water partition coefficient (Wildman–Crippen LogP) is 3.34. The van der Waals surface area contributed by atoms with Crippen LogP contribution in [0.3, 0.4) is 0 Å². The van der Waals surface area contributed by atoms with Crippen molar-refractivity contribution >= 4 is 23.2 Å². The van der Waals surface area contributed by atoms with Gasteiger partial charge in [0.15, 0.2) is 11.5 Å². The molecule has 3 rings (SSSR count). The molecule has 0 fully saturated rings. The van der Waals surface area contributed by atoms with Gasteiger partial charge in [-0.05, 0) is 42.0 Å². The molecule has 0 unspecified atom stereocenters. The number of carbonyl (C=O) groups is 1. The van der Waals surface area contributed by atoms with E-state index in [4.69, 9.17) is 9.47 Å². The summed E-state index contributed by atoms with van der Waals surface area (Å²) in [7, 11) is 3.10. The first-order valence-electron chi connectivity index (χ1n) is 6.67. The number of hydrogen-bond donors (Lipinski definition) is 1. The van der Waals surface area contributed by atoms with Crippen LogP contribution >= 0.6 is 0 Å². The number of anilines is 1. The lowest BCUT2D eigenvalue weighted by atomic mass is 10.0. The summed E-state index contributed by atoms with van der Waals surface area (Å²) in [6.07, 6.45) is 1.70. The van der Waals surface area contributed by atoms with Gasteiger partial charge in [-0.1, -0.05) is 6.07 Å². The first-order valence-corrected chi connectivity index (χ1v) is 6.67. The van der Waals surface area contributed by atoms with Crippen LogP contribution in [0.1, 0.15) is 11.1 Å². The zero-order valence-corrected chi connectivity index (χ0v) is 12.1. The molecule has 0 bridgehead atoms. The molecular formula is C17H14FNO3. The van der Waals surface area contributed by atoms with Crippen molar-refractivity contribution in [3.05, 3.63) is 53.3 Å². The van der Waals surface area contributed by atoms with Crippen LogP contribution in [0.2, 0.25) is 0 Å². The van der Waals surface area contributed by atoms with Gasteiger partial charge in [-0.25, -0.2) is 4.39 Å². The Balaban J connectivity index is 2.06. The Morgan fingerprint density at radius 3 is 2.55 bits per heavy atom. The van der Waals surface area contributed by atoms with Crippen molar-refractivity contribution in [2.24, 2.45) is 0 Å². The minimum Gasteiger partial charge on any atom is -0.493 e. The van der Waals surface area contributed by atoms with Crippen molar-refractivity contribution in [2.45, 2.75) is 0 Å². The van der Waals surface area contributed by atoms with Gasteiger partial charge < -0.3 is 14.8 Å². The van der Waals surface area contributed by atoms with Gasteiger partial charge in [-0.3, -0.25) is 4.79 Å². The Morgan fingerprint density at radius 1 is 1.05 bits per heavy atom. The minimum absolute atomic E-state index is 0.254. The van der Waals surface area contributed by atoms with Crippen LogP contribution in [0.25, 0.3) is 11.6 Å². The monoisotopic (exact) mass is 299 g/mol. The Kier molecular flexibility index (Phi) is 3.55. The highest BCUT2D eigenvalue weighted by Crippen LogP contribution is 2.35. The highest BCUT2D eigenvalue weighted by molar-refractivity contribution is 6.34. The normalized spacial score (nSPS) is 14.7. The van der Waals surface area contributed by atoms with E-state index in [1.54, 1.807) is 44.6 Å². The molecule has 1 aliphatic rings. The van der Waals surface area contributed by atoms with Crippen LogP contribution in [0.4, 0.5) is 10.1 Å². The third kappa shape index (κ3) is 2.41. The number of halogens is 1. The molecule has 0 saturated heterocycles. The van der Waals surface area contributed by atoms with Gasteiger partial charge >= 0.3 is 0 Å². The molecule has 1 amide bonds.